The standard InChI is InChI=1S/C14H12BrNO3/c1-18-11-4-2-10(3-5-11)16-14(17)9-7-12-6-8-13(15)19-12/h2-9H,1H3,(H,16,17)/b9-7+. The van der Waals surface area contributed by atoms with Crippen molar-refractivity contribution < 1.29 is 13.9 Å². The van der Waals surface area contributed by atoms with Gasteiger partial charge in [0.1, 0.15) is 11.5 Å². The smallest absolute Gasteiger partial charge is 0.248 e. The molecule has 1 aromatic heterocycles. The van der Waals surface area contributed by atoms with Crippen LogP contribution in [-0.4, -0.2) is 13.0 Å². The van der Waals surface area contributed by atoms with Crippen molar-refractivity contribution in [2.24, 2.45) is 0 Å². The molecule has 5 heteroatoms. The van der Waals surface area contributed by atoms with Crippen molar-refractivity contribution in [3.63, 3.8) is 0 Å². The minimum atomic E-state index is -0.224. The molecular weight excluding hydrogens is 310 g/mol. The van der Waals surface area contributed by atoms with Gasteiger partial charge in [0, 0.05) is 11.8 Å². The Morgan fingerprint density at radius 1 is 1.26 bits per heavy atom. The van der Waals surface area contributed by atoms with Gasteiger partial charge in [0.25, 0.3) is 0 Å². The number of ether oxygens (including phenoxy) is 1. The Labute approximate surface area is 119 Å². The molecule has 2 rings (SSSR count). The number of nitrogens with one attached hydrogen (secondary N) is 1. The van der Waals surface area contributed by atoms with E-state index in [9.17, 15) is 4.79 Å². The second-order valence-corrected chi connectivity index (χ2v) is 4.47. The van der Waals surface area contributed by atoms with Crippen LogP contribution in [0.1, 0.15) is 5.76 Å². The first-order valence-electron chi connectivity index (χ1n) is 5.56. The Kier molecular flexibility index (Phi) is 4.41. The Hall–Kier alpha value is -2.01. The fraction of sp³-hybridized carbons (Fsp3) is 0.0714. The van der Waals surface area contributed by atoms with E-state index in [1.807, 2.05) is 0 Å². The van der Waals surface area contributed by atoms with Crippen LogP contribution in [0.5, 0.6) is 5.75 Å². The molecule has 1 heterocycles. The van der Waals surface area contributed by atoms with Gasteiger partial charge in [0.15, 0.2) is 4.67 Å². The van der Waals surface area contributed by atoms with Gasteiger partial charge < -0.3 is 14.5 Å². The Balaban J connectivity index is 1.95. The van der Waals surface area contributed by atoms with E-state index >= 15 is 0 Å². The van der Waals surface area contributed by atoms with Gasteiger partial charge in [-0.25, -0.2) is 0 Å². The normalized spacial score (nSPS) is 10.6. The summed E-state index contributed by atoms with van der Waals surface area (Å²) in [5, 5.41) is 2.74. The average molecular weight is 322 g/mol. The highest BCUT2D eigenvalue weighted by Gasteiger charge is 1.99. The Bertz CT molecular complexity index is 587. The average Bonchev–Trinajstić information content (AvgIpc) is 2.83. The van der Waals surface area contributed by atoms with Crippen molar-refractivity contribution >= 4 is 33.6 Å². The fourth-order valence-electron chi connectivity index (χ4n) is 1.43. The van der Waals surface area contributed by atoms with Crippen molar-refractivity contribution in [2.75, 3.05) is 12.4 Å². The van der Waals surface area contributed by atoms with E-state index in [0.29, 0.717) is 16.1 Å². The molecule has 0 unspecified atom stereocenters. The quantitative estimate of drug-likeness (QED) is 0.873. The van der Waals surface area contributed by atoms with Crippen LogP contribution in [0.2, 0.25) is 0 Å². The van der Waals surface area contributed by atoms with E-state index in [1.54, 1.807) is 49.6 Å². The van der Waals surface area contributed by atoms with E-state index < -0.39 is 0 Å². The number of anilines is 1. The SMILES string of the molecule is COc1ccc(NC(=O)/C=C/c2ccc(Br)o2)cc1. The maximum absolute atomic E-state index is 11.7. The summed E-state index contributed by atoms with van der Waals surface area (Å²) in [4.78, 5) is 11.7. The number of carbonyl (C=O) groups excluding carboxylic acids is 1. The van der Waals surface area contributed by atoms with Crippen LogP contribution in [0.4, 0.5) is 5.69 Å². The Morgan fingerprint density at radius 2 is 2.00 bits per heavy atom. The highest BCUT2D eigenvalue weighted by Crippen LogP contribution is 2.16. The lowest BCUT2D eigenvalue weighted by atomic mass is 10.3. The molecule has 4 nitrogen and oxygen atoms in total. The van der Waals surface area contributed by atoms with Gasteiger partial charge in [0.05, 0.1) is 7.11 Å². The number of furan rings is 1. The Morgan fingerprint density at radius 3 is 2.58 bits per heavy atom. The van der Waals surface area contributed by atoms with Crippen LogP contribution in [0.15, 0.2) is 51.6 Å². The molecule has 0 aliphatic carbocycles. The number of hydrogen-bond acceptors (Lipinski definition) is 3. The third kappa shape index (κ3) is 3.99. The predicted octanol–water partition coefficient (Wildman–Crippen LogP) is 3.70. The summed E-state index contributed by atoms with van der Waals surface area (Å²) in [6, 6.07) is 10.6. The lowest BCUT2D eigenvalue weighted by Crippen LogP contribution is -2.07. The molecule has 2 aromatic rings. The summed E-state index contributed by atoms with van der Waals surface area (Å²) in [6.07, 6.45) is 3.01. The number of methoxy groups -OCH3 is 1. The van der Waals surface area contributed by atoms with Gasteiger partial charge in [0.2, 0.25) is 5.91 Å². The molecule has 0 spiro atoms. The zero-order valence-corrected chi connectivity index (χ0v) is 11.8. The van der Waals surface area contributed by atoms with Crippen LogP contribution in [0.3, 0.4) is 0 Å². The van der Waals surface area contributed by atoms with Crippen molar-refractivity contribution in [3.8, 4) is 5.75 Å². The molecule has 1 aromatic carbocycles. The first-order chi connectivity index (χ1) is 9.17. The van der Waals surface area contributed by atoms with Crippen molar-refractivity contribution in [2.45, 2.75) is 0 Å². The molecule has 0 saturated carbocycles. The number of hydrogen-bond donors (Lipinski definition) is 1. The number of carbonyl (C=O) groups is 1. The number of amides is 1. The maximum Gasteiger partial charge on any atom is 0.248 e. The molecular formula is C14H12BrNO3. The predicted molar refractivity (Wildman–Crippen MR) is 77.1 cm³/mol. The van der Waals surface area contributed by atoms with Crippen LogP contribution in [0, 0.1) is 0 Å². The van der Waals surface area contributed by atoms with E-state index in [-0.39, 0.29) is 5.91 Å². The molecule has 0 radical (unpaired) electrons. The lowest BCUT2D eigenvalue weighted by molar-refractivity contribution is -0.111. The van der Waals surface area contributed by atoms with Crippen LogP contribution >= 0.6 is 15.9 Å². The summed E-state index contributed by atoms with van der Waals surface area (Å²) >= 11 is 3.19. The van der Waals surface area contributed by atoms with Gasteiger partial charge >= 0.3 is 0 Å². The minimum Gasteiger partial charge on any atom is -0.497 e. The lowest BCUT2D eigenvalue weighted by Gasteiger charge is -2.03. The van der Waals surface area contributed by atoms with Crippen molar-refractivity contribution in [1.29, 1.82) is 0 Å². The molecule has 0 aliphatic heterocycles. The molecule has 98 valence electrons. The monoisotopic (exact) mass is 321 g/mol. The molecule has 1 N–H and O–H groups in total. The summed E-state index contributed by atoms with van der Waals surface area (Å²) < 4.78 is 10.9. The topological polar surface area (TPSA) is 51.5 Å². The van der Waals surface area contributed by atoms with Crippen molar-refractivity contribution in [1.82, 2.24) is 0 Å². The summed E-state index contributed by atoms with van der Waals surface area (Å²) in [6.45, 7) is 0. The van der Waals surface area contributed by atoms with Gasteiger partial charge in [-0.05, 0) is 58.4 Å². The summed E-state index contributed by atoms with van der Waals surface area (Å²) in [5.74, 6) is 1.13. The molecule has 0 fully saturated rings. The number of benzene rings is 1. The molecule has 0 atom stereocenters. The van der Waals surface area contributed by atoms with Crippen molar-refractivity contribution in [3.05, 3.63) is 52.9 Å². The van der Waals surface area contributed by atoms with Gasteiger partial charge in [-0.2, -0.15) is 0 Å². The number of halogens is 1. The zero-order valence-electron chi connectivity index (χ0n) is 10.2. The second-order valence-electron chi connectivity index (χ2n) is 3.69. The van der Waals surface area contributed by atoms with E-state index in [4.69, 9.17) is 9.15 Å². The van der Waals surface area contributed by atoms with Crippen LogP contribution < -0.4 is 10.1 Å². The molecule has 1 amide bonds. The first-order valence-corrected chi connectivity index (χ1v) is 6.35. The van der Waals surface area contributed by atoms with Crippen LogP contribution in [0.25, 0.3) is 6.08 Å². The third-order valence-corrected chi connectivity index (χ3v) is 2.78. The van der Waals surface area contributed by atoms with Gasteiger partial charge in [-0.15, -0.1) is 0 Å². The highest BCUT2D eigenvalue weighted by atomic mass is 79.9. The fourth-order valence-corrected chi connectivity index (χ4v) is 1.75. The second kappa shape index (κ2) is 6.24. The minimum absolute atomic E-state index is 0.224. The highest BCUT2D eigenvalue weighted by molar-refractivity contribution is 9.10. The van der Waals surface area contributed by atoms with E-state index in [2.05, 4.69) is 21.2 Å². The van der Waals surface area contributed by atoms with Crippen LogP contribution in [-0.2, 0) is 4.79 Å². The zero-order chi connectivity index (χ0) is 13.7. The van der Waals surface area contributed by atoms with E-state index in [0.717, 1.165) is 5.75 Å². The summed E-state index contributed by atoms with van der Waals surface area (Å²) in [5.41, 5.74) is 0.705. The third-order valence-electron chi connectivity index (χ3n) is 2.35. The largest absolute Gasteiger partial charge is 0.497 e. The maximum atomic E-state index is 11.7. The van der Waals surface area contributed by atoms with Gasteiger partial charge in [-0.1, -0.05) is 0 Å². The summed E-state index contributed by atoms with van der Waals surface area (Å²) in [7, 11) is 1.60. The molecule has 0 bridgehead atoms. The van der Waals surface area contributed by atoms with Gasteiger partial charge in [-0.3, -0.25) is 4.79 Å². The first kappa shape index (κ1) is 13.4. The molecule has 19 heavy (non-hydrogen) atoms. The van der Waals surface area contributed by atoms with E-state index in [1.165, 1.54) is 6.08 Å². The molecule has 0 saturated heterocycles. The number of rotatable bonds is 4. The molecule has 0 aliphatic rings.